The number of aromatic nitrogens is 3. The number of ether oxygens (including phenoxy) is 2. The first-order valence-electron chi connectivity index (χ1n) is 8.47. The topological polar surface area (TPSA) is 132 Å². The van der Waals surface area contributed by atoms with Crippen LogP contribution in [-0.2, 0) is 4.79 Å². The Labute approximate surface area is 174 Å². The maximum absolute atomic E-state index is 12.2. The van der Waals surface area contributed by atoms with Crippen LogP contribution in [0, 0.1) is 6.92 Å². The molecule has 1 heterocycles. The lowest BCUT2D eigenvalue weighted by atomic mass is 10.1. The summed E-state index contributed by atoms with van der Waals surface area (Å²) in [5.74, 6) is -0.355. The van der Waals surface area contributed by atoms with E-state index in [2.05, 4.69) is 36.7 Å². The minimum Gasteiger partial charge on any atom is -0.493 e. The van der Waals surface area contributed by atoms with Gasteiger partial charge in [-0.1, -0.05) is 17.7 Å². The van der Waals surface area contributed by atoms with E-state index < -0.39 is 5.91 Å². The minimum absolute atomic E-state index is 0.00472. The number of carbonyl (C=O) groups is 2. The second kappa shape index (κ2) is 8.74. The van der Waals surface area contributed by atoms with E-state index in [1.54, 1.807) is 12.1 Å². The van der Waals surface area contributed by atoms with Crippen molar-refractivity contribution in [1.82, 2.24) is 15.4 Å². The number of rotatable bonds is 7. The van der Waals surface area contributed by atoms with Crippen LogP contribution in [0.5, 0.6) is 11.5 Å². The largest absolute Gasteiger partial charge is 0.493 e. The number of benzene rings is 2. The zero-order valence-electron chi connectivity index (χ0n) is 15.7. The summed E-state index contributed by atoms with van der Waals surface area (Å²) in [6.45, 7) is 1.74. The van der Waals surface area contributed by atoms with Crippen molar-refractivity contribution in [3.63, 3.8) is 0 Å². The Morgan fingerprint density at radius 3 is 2.59 bits per heavy atom. The average Bonchev–Trinajstić information content (AvgIpc) is 3.18. The summed E-state index contributed by atoms with van der Waals surface area (Å²) in [4.78, 5) is 23.7. The molecular formula is C19H18BrN5O4. The highest BCUT2D eigenvalue weighted by Crippen LogP contribution is 2.39. The number of primary amides is 1. The number of nitrogens with zero attached hydrogens (tertiary/aromatic N) is 2. The van der Waals surface area contributed by atoms with Crippen LogP contribution in [0.3, 0.4) is 0 Å². The van der Waals surface area contributed by atoms with Crippen LogP contribution in [0.4, 0.5) is 5.69 Å². The van der Waals surface area contributed by atoms with Crippen molar-refractivity contribution in [2.75, 3.05) is 19.0 Å². The normalized spacial score (nSPS) is 10.4. The third-order valence-electron chi connectivity index (χ3n) is 3.97. The Kier molecular flexibility index (Phi) is 6.13. The van der Waals surface area contributed by atoms with E-state index in [1.807, 2.05) is 31.2 Å². The van der Waals surface area contributed by atoms with Crippen LogP contribution >= 0.6 is 15.9 Å². The molecule has 0 saturated carbocycles. The maximum Gasteiger partial charge on any atom is 0.271 e. The van der Waals surface area contributed by atoms with Crippen LogP contribution in [0.1, 0.15) is 16.1 Å². The van der Waals surface area contributed by atoms with Gasteiger partial charge >= 0.3 is 0 Å². The maximum atomic E-state index is 12.2. The summed E-state index contributed by atoms with van der Waals surface area (Å²) in [5, 5.41) is 12.8. The van der Waals surface area contributed by atoms with E-state index in [4.69, 9.17) is 15.2 Å². The number of hydrogen-bond donors (Lipinski definition) is 3. The van der Waals surface area contributed by atoms with Gasteiger partial charge < -0.3 is 20.5 Å². The standard InChI is InChI=1S/C19H18BrN5O4/c1-10-3-5-12(6-4-10)22-15(26)9-29-18-13(20)7-11(8-14(18)28-2)16-17(19(21)27)24-25-23-16/h3-8H,9H2,1-2H3,(H2,21,27)(H,22,26)(H,23,24,25). The summed E-state index contributed by atoms with van der Waals surface area (Å²) in [7, 11) is 1.46. The monoisotopic (exact) mass is 459 g/mol. The second-order valence-corrected chi connectivity index (χ2v) is 6.93. The Hall–Kier alpha value is -3.40. The quantitative estimate of drug-likeness (QED) is 0.497. The van der Waals surface area contributed by atoms with Gasteiger partial charge in [-0.2, -0.15) is 15.4 Å². The lowest BCUT2D eigenvalue weighted by Gasteiger charge is -2.14. The number of carbonyl (C=O) groups excluding carboxylic acids is 2. The van der Waals surface area contributed by atoms with Crippen LogP contribution in [-0.4, -0.2) is 40.9 Å². The van der Waals surface area contributed by atoms with Gasteiger partial charge in [-0.25, -0.2) is 0 Å². The summed E-state index contributed by atoms with van der Waals surface area (Å²) in [6.07, 6.45) is 0. The molecule has 0 atom stereocenters. The first kappa shape index (κ1) is 20.3. The zero-order valence-corrected chi connectivity index (χ0v) is 17.2. The predicted octanol–water partition coefficient (Wildman–Crippen LogP) is 2.67. The van der Waals surface area contributed by atoms with Crippen molar-refractivity contribution in [1.29, 1.82) is 0 Å². The van der Waals surface area contributed by atoms with Crippen molar-refractivity contribution in [2.24, 2.45) is 5.73 Å². The molecule has 3 aromatic rings. The molecule has 0 saturated heterocycles. The third-order valence-corrected chi connectivity index (χ3v) is 4.56. The number of aryl methyl sites for hydroxylation is 1. The molecule has 29 heavy (non-hydrogen) atoms. The number of nitrogens with two attached hydrogens (primary N) is 1. The molecular weight excluding hydrogens is 442 g/mol. The molecule has 0 bridgehead atoms. The van der Waals surface area contributed by atoms with Crippen molar-refractivity contribution in [3.05, 3.63) is 52.1 Å². The zero-order chi connectivity index (χ0) is 21.0. The molecule has 9 nitrogen and oxygen atoms in total. The van der Waals surface area contributed by atoms with Crippen LogP contribution in [0.25, 0.3) is 11.3 Å². The molecule has 0 aliphatic rings. The smallest absolute Gasteiger partial charge is 0.271 e. The van der Waals surface area contributed by atoms with Crippen molar-refractivity contribution < 1.29 is 19.1 Å². The Morgan fingerprint density at radius 1 is 1.21 bits per heavy atom. The summed E-state index contributed by atoms with van der Waals surface area (Å²) in [6, 6.07) is 10.7. The molecule has 150 valence electrons. The van der Waals surface area contributed by atoms with E-state index in [0.717, 1.165) is 5.56 Å². The number of H-pyrrole nitrogens is 1. The highest BCUT2D eigenvalue weighted by Gasteiger charge is 2.20. The van der Waals surface area contributed by atoms with Gasteiger partial charge in [-0.15, -0.1) is 0 Å². The summed E-state index contributed by atoms with van der Waals surface area (Å²) < 4.78 is 11.5. The van der Waals surface area contributed by atoms with Gasteiger partial charge in [0, 0.05) is 11.3 Å². The number of halogens is 1. The van der Waals surface area contributed by atoms with Crippen molar-refractivity contribution in [2.45, 2.75) is 6.92 Å². The van der Waals surface area contributed by atoms with Crippen molar-refractivity contribution >= 4 is 33.4 Å². The lowest BCUT2D eigenvalue weighted by Crippen LogP contribution is -2.20. The van der Waals surface area contributed by atoms with E-state index in [1.165, 1.54) is 7.11 Å². The van der Waals surface area contributed by atoms with Crippen LogP contribution < -0.4 is 20.5 Å². The molecule has 1 aromatic heterocycles. The number of nitrogens with one attached hydrogen (secondary N) is 2. The van der Waals surface area contributed by atoms with Gasteiger partial charge in [0.15, 0.2) is 23.8 Å². The van der Waals surface area contributed by atoms with Crippen LogP contribution in [0.2, 0.25) is 0 Å². The SMILES string of the molecule is COc1cc(-c2n[nH]nc2C(N)=O)cc(Br)c1OCC(=O)Nc1ccc(C)cc1. The Balaban J connectivity index is 1.77. The minimum atomic E-state index is -0.711. The molecule has 2 amide bonds. The molecule has 0 aliphatic carbocycles. The highest BCUT2D eigenvalue weighted by molar-refractivity contribution is 9.10. The average molecular weight is 460 g/mol. The van der Waals surface area contributed by atoms with Gasteiger partial charge in [0.25, 0.3) is 11.8 Å². The van der Waals surface area contributed by atoms with E-state index in [-0.39, 0.29) is 23.9 Å². The summed E-state index contributed by atoms with van der Waals surface area (Å²) >= 11 is 3.40. The lowest BCUT2D eigenvalue weighted by molar-refractivity contribution is -0.118. The fraction of sp³-hybridized carbons (Fsp3) is 0.158. The predicted molar refractivity (Wildman–Crippen MR) is 110 cm³/mol. The molecule has 0 aliphatic heterocycles. The Morgan fingerprint density at radius 2 is 1.93 bits per heavy atom. The number of aromatic amines is 1. The molecule has 0 spiro atoms. The van der Waals surface area contributed by atoms with Gasteiger partial charge in [0.2, 0.25) is 0 Å². The van der Waals surface area contributed by atoms with Gasteiger partial charge in [0.1, 0.15) is 5.69 Å². The highest BCUT2D eigenvalue weighted by atomic mass is 79.9. The molecule has 0 unspecified atom stereocenters. The van der Waals surface area contributed by atoms with Crippen molar-refractivity contribution in [3.8, 4) is 22.8 Å². The van der Waals surface area contributed by atoms with E-state index in [0.29, 0.717) is 27.2 Å². The van der Waals surface area contributed by atoms with Crippen LogP contribution in [0.15, 0.2) is 40.9 Å². The molecule has 0 fully saturated rings. The number of amides is 2. The number of methoxy groups -OCH3 is 1. The Bertz CT molecular complexity index is 1050. The molecule has 3 rings (SSSR count). The summed E-state index contributed by atoms with van der Waals surface area (Å²) in [5.41, 5.74) is 7.90. The van der Waals surface area contributed by atoms with E-state index in [9.17, 15) is 9.59 Å². The fourth-order valence-corrected chi connectivity index (χ4v) is 3.13. The number of hydrogen-bond acceptors (Lipinski definition) is 6. The fourth-order valence-electron chi connectivity index (χ4n) is 2.57. The first-order chi connectivity index (χ1) is 13.9. The van der Waals surface area contributed by atoms with Gasteiger partial charge in [0.05, 0.1) is 11.6 Å². The first-order valence-corrected chi connectivity index (χ1v) is 9.26. The molecule has 4 N–H and O–H groups in total. The van der Waals surface area contributed by atoms with Gasteiger partial charge in [-0.05, 0) is 47.1 Å². The number of anilines is 1. The second-order valence-electron chi connectivity index (χ2n) is 6.08. The third kappa shape index (κ3) is 4.72. The van der Waals surface area contributed by atoms with Gasteiger partial charge in [-0.3, -0.25) is 9.59 Å². The van der Waals surface area contributed by atoms with E-state index >= 15 is 0 Å². The molecule has 0 radical (unpaired) electrons. The molecule has 10 heteroatoms. The molecule has 2 aromatic carbocycles.